The molecule has 0 aromatic heterocycles. The van der Waals surface area contributed by atoms with E-state index in [1.165, 1.54) is 31.2 Å². The third kappa shape index (κ3) is 7.32. The van der Waals surface area contributed by atoms with Gasteiger partial charge in [0, 0.05) is 12.1 Å². The van der Waals surface area contributed by atoms with Crippen LogP contribution in [0.2, 0.25) is 0 Å². The van der Waals surface area contributed by atoms with Crippen molar-refractivity contribution in [2.24, 2.45) is 0 Å². The molecule has 0 saturated heterocycles. The maximum absolute atomic E-state index is 12.0. The summed E-state index contributed by atoms with van der Waals surface area (Å²) in [6.07, 6.45) is -0.0195. The van der Waals surface area contributed by atoms with E-state index in [1.54, 1.807) is 0 Å². The minimum absolute atomic E-state index is 0.0383. The van der Waals surface area contributed by atoms with Crippen molar-refractivity contribution in [3.05, 3.63) is 24.3 Å². The Balaban J connectivity index is 2.35. The molecule has 0 aliphatic heterocycles. The summed E-state index contributed by atoms with van der Waals surface area (Å²) in [6, 6.07) is 5.27. The van der Waals surface area contributed by atoms with Crippen LogP contribution in [0, 0.1) is 0 Å². The lowest BCUT2D eigenvalue weighted by molar-refractivity contribution is -0.148. The van der Waals surface area contributed by atoms with E-state index < -0.39 is 25.1 Å². The molecule has 6 nitrogen and oxygen atoms in total. The summed E-state index contributed by atoms with van der Waals surface area (Å²) >= 11 is 0. The van der Waals surface area contributed by atoms with Crippen LogP contribution in [0.4, 0.5) is 14.5 Å². The zero-order chi connectivity index (χ0) is 16.5. The number of anilines is 1. The predicted molar refractivity (Wildman–Crippen MR) is 72.6 cm³/mol. The number of hydrogen-bond acceptors (Lipinski definition) is 5. The molecule has 0 heterocycles. The average Bonchev–Trinajstić information content (AvgIpc) is 2.44. The van der Waals surface area contributed by atoms with Gasteiger partial charge in [0.25, 0.3) is 5.91 Å². The summed E-state index contributed by atoms with van der Waals surface area (Å²) in [5.41, 5.74) is 0.339. The van der Waals surface area contributed by atoms with Crippen molar-refractivity contribution < 1.29 is 32.6 Å². The molecule has 1 aromatic carbocycles. The van der Waals surface area contributed by atoms with Gasteiger partial charge in [-0.3, -0.25) is 9.59 Å². The Labute approximate surface area is 125 Å². The molecule has 0 radical (unpaired) electrons. The number of amides is 1. The number of Topliss-reactive ketones (excluding diaryl/α,β-unsaturated/α-hetero) is 1. The first-order valence-electron chi connectivity index (χ1n) is 6.36. The fraction of sp³-hybridized carbons (Fsp3) is 0.357. The Bertz CT molecular complexity index is 531. The third-order valence-electron chi connectivity index (χ3n) is 2.41. The highest BCUT2D eigenvalue weighted by molar-refractivity contribution is 5.93. The second-order valence-electron chi connectivity index (χ2n) is 4.31. The molecule has 0 aliphatic carbocycles. The normalized spacial score (nSPS) is 10.2. The summed E-state index contributed by atoms with van der Waals surface area (Å²) in [6.45, 7) is -2.07. The lowest BCUT2D eigenvalue weighted by atomic mass is 10.2. The van der Waals surface area contributed by atoms with Crippen LogP contribution < -0.4 is 10.1 Å². The first-order valence-corrected chi connectivity index (χ1v) is 6.36. The van der Waals surface area contributed by atoms with Crippen LogP contribution in [-0.4, -0.2) is 30.9 Å². The van der Waals surface area contributed by atoms with Crippen molar-refractivity contribution in [2.45, 2.75) is 26.4 Å². The molecular formula is C14H15F2NO5. The third-order valence-corrected chi connectivity index (χ3v) is 2.41. The van der Waals surface area contributed by atoms with Gasteiger partial charge in [0.05, 0.1) is 6.42 Å². The lowest BCUT2D eigenvalue weighted by Crippen LogP contribution is -2.21. The monoisotopic (exact) mass is 315 g/mol. The number of esters is 1. The number of rotatable bonds is 8. The molecular weight excluding hydrogens is 300 g/mol. The smallest absolute Gasteiger partial charge is 0.387 e. The van der Waals surface area contributed by atoms with Crippen LogP contribution in [-0.2, 0) is 19.1 Å². The molecule has 1 rings (SSSR count). The van der Waals surface area contributed by atoms with E-state index in [0.717, 1.165) is 0 Å². The molecule has 1 amide bonds. The van der Waals surface area contributed by atoms with E-state index in [-0.39, 0.29) is 24.4 Å². The number of halogens is 2. The molecule has 0 atom stereocenters. The van der Waals surface area contributed by atoms with Crippen molar-refractivity contribution in [2.75, 3.05) is 11.9 Å². The maximum Gasteiger partial charge on any atom is 0.387 e. The minimum Gasteiger partial charge on any atom is -0.456 e. The van der Waals surface area contributed by atoms with Crippen molar-refractivity contribution in [3.63, 3.8) is 0 Å². The van der Waals surface area contributed by atoms with E-state index in [9.17, 15) is 23.2 Å². The van der Waals surface area contributed by atoms with Gasteiger partial charge in [0.2, 0.25) is 0 Å². The van der Waals surface area contributed by atoms with Crippen LogP contribution in [0.25, 0.3) is 0 Å². The van der Waals surface area contributed by atoms with Crippen molar-refractivity contribution >= 4 is 23.3 Å². The topological polar surface area (TPSA) is 81.7 Å². The van der Waals surface area contributed by atoms with Gasteiger partial charge in [-0.15, -0.1) is 0 Å². The maximum atomic E-state index is 12.0. The number of alkyl halides is 2. The highest BCUT2D eigenvalue weighted by Crippen LogP contribution is 2.17. The highest BCUT2D eigenvalue weighted by Gasteiger charge is 2.09. The van der Waals surface area contributed by atoms with E-state index >= 15 is 0 Å². The van der Waals surface area contributed by atoms with Crippen molar-refractivity contribution in [3.8, 4) is 5.75 Å². The van der Waals surface area contributed by atoms with Gasteiger partial charge >= 0.3 is 12.6 Å². The summed E-state index contributed by atoms with van der Waals surface area (Å²) < 4.78 is 32.7. The number of carbonyl (C=O) groups is 3. The Morgan fingerprint density at radius 2 is 1.77 bits per heavy atom. The van der Waals surface area contributed by atoms with Gasteiger partial charge in [0.15, 0.2) is 6.61 Å². The SMILES string of the molecule is CC(=O)CCC(=O)OCC(=O)Nc1ccc(OC(F)F)cc1. The zero-order valence-electron chi connectivity index (χ0n) is 11.8. The van der Waals surface area contributed by atoms with Crippen LogP contribution in [0.1, 0.15) is 19.8 Å². The fourth-order valence-electron chi connectivity index (χ4n) is 1.41. The first-order chi connectivity index (χ1) is 10.4. The van der Waals surface area contributed by atoms with Crippen molar-refractivity contribution in [1.29, 1.82) is 0 Å². The molecule has 0 fully saturated rings. The molecule has 0 unspecified atom stereocenters. The molecule has 1 N–H and O–H groups in total. The number of carbonyl (C=O) groups excluding carboxylic acids is 3. The number of ether oxygens (including phenoxy) is 2. The van der Waals surface area contributed by atoms with Gasteiger partial charge in [-0.25, -0.2) is 0 Å². The molecule has 0 spiro atoms. The lowest BCUT2D eigenvalue weighted by Gasteiger charge is -2.08. The predicted octanol–water partition coefficient (Wildman–Crippen LogP) is 2.14. The van der Waals surface area contributed by atoms with Gasteiger partial charge in [-0.1, -0.05) is 0 Å². The Hall–Kier alpha value is -2.51. The summed E-state index contributed by atoms with van der Waals surface area (Å²) in [7, 11) is 0. The van der Waals surface area contributed by atoms with E-state index in [1.807, 2.05) is 0 Å². The molecule has 0 saturated carbocycles. The summed E-state index contributed by atoms with van der Waals surface area (Å²) in [5, 5.41) is 2.42. The summed E-state index contributed by atoms with van der Waals surface area (Å²) in [5.74, 6) is -1.42. The van der Waals surface area contributed by atoms with Crippen LogP contribution in [0.3, 0.4) is 0 Å². The number of nitrogens with one attached hydrogen (secondary N) is 1. The molecule has 0 aliphatic rings. The minimum atomic E-state index is -2.92. The Morgan fingerprint density at radius 1 is 1.14 bits per heavy atom. The molecule has 22 heavy (non-hydrogen) atoms. The number of ketones is 1. The zero-order valence-corrected chi connectivity index (χ0v) is 11.8. The van der Waals surface area contributed by atoms with E-state index in [0.29, 0.717) is 5.69 Å². The van der Waals surface area contributed by atoms with Crippen LogP contribution in [0.5, 0.6) is 5.75 Å². The highest BCUT2D eigenvalue weighted by atomic mass is 19.3. The Kier molecular flexibility index (Phi) is 6.94. The van der Waals surface area contributed by atoms with E-state index in [4.69, 9.17) is 0 Å². The second-order valence-corrected chi connectivity index (χ2v) is 4.31. The summed E-state index contributed by atoms with van der Waals surface area (Å²) in [4.78, 5) is 33.4. The number of benzene rings is 1. The molecule has 120 valence electrons. The van der Waals surface area contributed by atoms with Gasteiger partial charge in [-0.05, 0) is 31.2 Å². The quantitative estimate of drug-likeness (QED) is 0.743. The number of hydrogen-bond donors (Lipinski definition) is 1. The van der Waals surface area contributed by atoms with Crippen LogP contribution >= 0.6 is 0 Å². The first kappa shape index (κ1) is 17.5. The van der Waals surface area contributed by atoms with Crippen molar-refractivity contribution in [1.82, 2.24) is 0 Å². The van der Waals surface area contributed by atoms with E-state index in [2.05, 4.69) is 14.8 Å². The van der Waals surface area contributed by atoms with Crippen LogP contribution in [0.15, 0.2) is 24.3 Å². The Morgan fingerprint density at radius 3 is 2.32 bits per heavy atom. The molecule has 8 heteroatoms. The second kappa shape index (κ2) is 8.71. The standard InChI is InChI=1S/C14H15F2NO5/c1-9(18)2-7-13(20)21-8-12(19)17-10-3-5-11(6-4-10)22-14(15)16/h3-6,14H,2,7-8H2,1H3,(H,17,19). The average molecular weight is 315 g/mol. The fourth-order valence-corrected chi connectivity index (χ4v) is 1.41. The van der Waals surface area contributed by atoms with Gasteiger partial charge in [0.1, 0.15) is 11.5 Å². The van der Waals surface area contributed by atoms with Gasteiger partial charge < -0.3 is 19.6 Å². The van der Waals surface area contributed by atoms with Gasteiger partial charge in [-0.2, -0.15) is 8.78 Å². The molecule has 0 bridgehead atoms. The molecule has 1 aromatic rings. The largest absolute Gasteiger partial charge is 0.456 e.